The topological polar surface area (TPSA) is 26.3 Å². The van der Waals surface area contributed by atoms with Crippen LogP contribution in [0.15, 0.2) is 415 Å². The van der Waals surface area contributed by atoms with Crippen LogP contribution in [-0.2, 0) is 0 Å². The van der Waals surface area contributed by atoms with Gasteiger partial charge in [0, 0.05) is 32.7 Å². The van der Waals surface area contributed by atoms with Crippen LogP contribution in [-0.4, -0.2) is 0 Å². The van der Waals surface area contributed by atoms with Crippen LogP contribution in [0.3, 0.4) is 0 Å². The van der Waals surface area contributed by atoms with Crippen molar-refractivity contribution in [3.8, 4) is 100 Å². The second-order valence-electron chi connectivity index (χ2n) is 28.5. The van der Waals surface area contributed by atoms with Crippen LogP contribution in [0, 0.1) is 6.92 Å². The maximum atomic E-state index is 9.06. The highest BCUT2D eigenvalue weighted by atomic mass is 16.3. The predicted molar refractivity (Wildman–Crippen MR) is 481 cm³/mol. The van der Waals surface area contributed by atoms with Gasteiger partial charge in [-0.05, 0) is 231 Å². The van der Waals surface area contributed by atoms with Gasteiger partial charge < -0.3 is 8.83 Å². The molecule has 21 aromatic carbocycles. The lowest BCUT2D eigenvalue weighted by Gasteiger charge is -2.20. The Hall–Kier alpha value is -14.7. The molecule has 2 nitrogen and oxygen atoms in total. The van der Waals surface area contributed by atoms with Crippen LogP contribution in [0.1, 0.15) is 33.0 Å². The Morgan fingerprint density at radius 2 is 0.566 bits per heavy atom. The standard InChI is InChI=1S/C58H36O.C53H34O/c1-4-15-37(16-5-1)41-28-31-46-53(34-41)44-30-27-40(42-29-32-47-52-26-14-25-45(38-17-6-2-7-18-38)58(52)59-55(47)36-42)33-43(44)35-54(46)57-50-23-12-10-21-48(50)56(39-19-8-3-9-20-39)49-22-11-13-24-51(49)57;1-33-26-28-41-47(30-33)38-29-27-36(40-23-12-24-46-52-39(34-14-4-2-5-15-34)22-13-25-49(52)54-53(40)46)31-37(38)32-48(41)51-44-20-10-8-18-42(44)50(35-16-6-3-7-17-35)43-19-9-11-21-45(43)51/h1-36H;2-32H,1H3/i2D,3D,6D,7D,8D,9D,17D,18D,19D,20D;2D,3D,4D,5D,6D,7D,14D,15D,16D,17D. The van der Waals surface area contributed by atoms with Crippen LogP contribution >= 0.6 is 0 Å². The van der Waals surface area contributed by atoms with Crippen molar-refractivity contribution in [3.63, 3.8) is 0 Å². The molecule has 2 aromatic heterocycles. The average Bonchev–Trinajstić information content (AvgIpc) is 1.70. The van der Waals surface area contributed by atoms with Crippen LogP contribution in [0.4, 0.5) is 0 Å². The maximum Gasteiger partial charge on any atom is 0.143 e. The summed E-state index contributed by atoms with van der Waals surface area (Å²) in [4.78, 5) is 0. The summed E-state index contributed by atoms with van der Waals surface area (Å²) in [6.07, 6.45) is 0. The summed E-state index contributed by atoms with van der Waals surface area (Å²) in [5, 5.41) is 17.8. The molecule has 0 aliphatic rings. The molecule has 0 amide bonds. The van der Waals surface area contributed by atoms with Crippen LogP contribution in [0.5, 0.6) is 0 Å². The van der Waals surface area contributed by atoms with Gasteiger partial charge in [-0.25, -0.2) is 0 Å². The van der Waals surface area contributed by atoms with Crippen molar-refractivity contribution in [3.05, 3.63) is 412 Å². The molecule has 0 N–H and O–H groups in total. The molecule has 2 heterocycles. The summed E-state index contributed by atoms with van der Waals surface area (Å²) >= 11 is 0. The van der Waals surface area contributed by atoms with E-state index in [0.717, 1.165) is 164 Å². The molecule has 0 unspecified atom stereocenters. The number of rotatable bonds is 9. The Labute approximate surface area is 681 Å². The molecular formula is C111H70O2. The zero-order valence-corrected chi connectivity index (χ0v) is 60.5. The summed E-state index contributed by atoms with van der Waals surface area (Å²) in [7, 11) is 0. The van der Waals surface area contributed by atoms with E-state index in [1.165, 1.54) is 0 Å². The molecule has 0 radical (unpaired) electrons. The first-order valence-corrected chi connectivity index (χ1v) is 37.4. The number of hydrogen-bond acceptors (Lipinski definition) is 2. The summed E-state index contributed by atoms with van der Waals surface area (Å²) in [6.45, 7) is 2.08. The van der Waals surface area contributed by atoms with Crippen molar-refractivity contribution in [2.45, 2.75) is 6.92 Å². The predicted octanol–water partition coefficient (Wildman–Crippen LogP) is 31.7. The molecule has 0 aliphatic heterocycles. The molecule has 0 saturated heterocycles. The van der Waals surface area contributed by atoms with Crippen LogP contribution in [0.25, 0.3) is 230 Å². The molecule has 0 bridgehead atoms. The van der Waals surface area contributed by atoms with E-state index < -0.39 is 48.3 Å². The van der Waals surface area contributed by atoms with E-state index in [-0.39, 0.29) is 94.8 Å². The van der Waals surface area contributed by atoms with Crippen LogP contribution < -0.4 is 0 Å². The van der Waals surface area contributed by atoms with Gasteiger partial charge in [0.05, 0.1) is 27.4 Å². The summed E-state index contributed by atoms with van der Waals surface area (Å²) in [5.41, 5.74) is 15.4. The Morgan fingerprint density at radius 3 is 1.11 bits per heavy atom. The Balaban J connectivity index is 0.000000156. The molecular weight excluding hydrogens is 1370 g/mol. The fourth-order valence-electron chi connectivity index (χ4n) is 17.4. The molecule has 2 heteroatoms. The largest absolute Gasteiger partial charge is 0.455 e. The third-order valence-electron chi connectivity index (χ3n) is 22.3. The highest BCUT2D eigenvalue weighted by molar-refractivity contribution is 6.29. The maximum absolute atomic E-state index is 9.06. The first-order valence-electron chi connectivity index (χ1n) is 47.4. The number of aryl methyl sites for hydroxylation is 1. The highest BCUT2D eigenvalue weighted by Gasteiger charge is 2.24. The molecule has 0 spiro atoms. The first kappa shape index (κ1) is 48.0. The Bertz CT molecular complexity index is 8880. The summed E-state index contributed by atoms with van der Waals surface area (Å²) < 4.78 is 185. The second-order valence-corrected chi connectivity index (χ2v) is 28.5. The van der Waals surface area contributed by atoms with Gasteiger partial charge in [-0.2, -0.15) is 0 Å². The third kappa shape index (κ3) is 10.9. The van der Waals surface area contributed by atoms with E-state index >= 15 is 0 Å². The van der Waals surface area contributed by atoms with E-state index in [9.17, 15) is 0 Å². The number of para-hydroxylation sites is 2. The van der Waals surface area contributed by atoms with E-state index in [1.807, 2.05) is 170 Å². The lowest BCUT2D eigenvalue weighted by atomic mass is 9.83. The number of benzene rings is 21. The van der Waals surface area contributed by atoms with Gasteiger partial charge >= 0.3 is 0 Å². The van der Waals surface area contributed by atoms with Gasteiger partial charge in [-0.1, -0.05) is 363 Å². The average molecular weight is 1460 g/mol. The Morgan fingerprint density at radius 1 is 0.195 bits per heavy atom. The quantitative estimate of drug-likeness (QED) is 0.106. The van der Waals surface area contributed by atoms with Crippen molar-refractivity contribution in [1.82, 2.24) is 0 Å². The van der Waals surface area contributed by atoms with Crippen molar-refractivity contribution in [1.29, 1.82) is 0 Å². The third-order valence-corrected chi connectivity index (χ3v) is 22.3. The van der Waals surface area contributed by atoms with Gasteiger partial charge in [0.2, 0.25) is 0 Å². The lowest BCUT2D eigenvalue weighted by molar-refractivity contribution is 0.669. The normalized spacial score (nSPS) is 14.2. The van der Waals surface area contributed by atoms with Gasteiger partial charge in [-0.3, -0.25) is 0 Å². The molecule has 0 aliphatic carbocycles. The molecule has 23 aromatic rings. The molecule has 23 rings (SSSR count). The fourth-order valence-corrected chi connectivity index (χ4v) is 17.4. The zero-order valence-electron chi connectivity index (χ0n) is 80.5. The van der Waals surface area contributed by atoms with Crippen molar-refractivity contribution >= 4 is 130 Å². The minimum absolute atomic E-state index is 0.0862. The Kier molecular flexibility index (Phi) is 11.4. The minimum atomic E-state index is -0.450. The van der Waals surface area contributed by atoms with Gasteiger partial charge in [0.25, 0.3) is 0 Å². The summed E-state index contributed by atoms with van der Waals surface area (Å²) in [6, 6.07) is 87.9. The first-order chi connectivity index (χ1) is 64.3. The molecule has 113 heavy (non-hydrogen) atoms. The van der Waals surface area contributed by atoms with Gasteiger partial charge in [0.1, 0.15) is 22.3 Å². The molecule has 0 atom stereocenters. The van der Waals surface area contributed by atoms with E-state index in [4.69, 9.17) is 36.2 Å². The summed E-state index contributed by atoms with van der Waals surface area (Å²) in [5.74, 6) is 0. The number of hydrogen-bond donors (Lipinski definition) is 0. The molecule has 526 valence electrons. The van der Waals surface area contributed by atoms with E-state index in [1.54, 1.807) is 18.2 Å². The molecule has 0 saturated carbocycles. The smallest absolute Gasteiger partial charge is 0.143 e. The molecule has 0 fully saturated rings. The minimum Gasteiger partial charge on any atom is -0.455 e. The number of furan rings is 2. The van der Waals surface area contributed by atoms with Crippen molar-refractivity contribution in [2.24, 2.45) is 0 Å². The van der Waals surface area contributed by atoms with E-state index in [2.05, 4.69) is 104 Å². The number of fused-ring (bicyclic) bond motifs is 16. The van der Waals surface area contributed by atoms with E-state index in [0.29, 0.717) is 50.0 Å². The fraction of sp³-hybridized carbons (Fsp3) is 0.00901. The van der Waals surface area contributed by atoms with Gasteiger partial charge in [-0.15, -0.1) is 0 Å². The SMILES string of the molecule is [2H]c1c([2H])c([2H])c(-c2c3ccccc3c(-c3cc4cc(-c5ccc6c(c5)oc5c(-c7c([2H])c([2H])c([2H])c([2H])c7[2H])cccc56)ccc4c4cc(-c5ccccc5)ccc34)c3ccccc23)c([2H])c1[2H].[2H]c1c([2H])c([2H])c(-c2c3ccccc3c(-c3cc4cc(-c5cccc6c5oc5cccc(-c7c([2H])c([2H])c([2H])c([2H])c7[2H])c56)ccc4c4cc(C)ccc34)c3ccccc23)c([2H])c1[2H]. The zero-order chi connectivity index (χ0) is 92.0. The van der Waals surface area contributed by atoms with Crippen molar-refractivity contribution < 1.29 is 36.2 Å². The van der Waals surface area contributed by atoms with Gasteiger partial charge in [0.15, 0.2) is 0 Å². The van der Waals surface area contributed by atoms with Crippen LogP contribution in [0.2, 0.25) is 0 Å². The second kappa shape index (κ2) is 26.9. The lowest BCUT2D eigenvalue weighted by Crippen LogP contribution is -1.93. The highest BCUT2D eigenvalue weighted by Crippen LogP contribution is 2.51. The monoisotopic (exact) mass is 1450 g/mol. The van der Waals surface area contributed by atoms with Crippen molar-refractivity contribution in [2.75, 3.05) is 0 Å².